The molecule has 1 amide bonds. The summed E-state index contributed by atoms with van der Waals surface area (Å²) < 4.78 is 41.4. The molecule has 0 aliphatic heterocycles. The van der Waals surface area contributed by atoms with Gasteiger partial charge in [0.25, 0.3) is 5.91 Å². The van der Waals surface area contributed by atoms with Crippen molar-refractivity contribution < 1.29 is 18.0 Å². The van der Waals surface area contributed by atoms with Gasteiger partial charge in [-0.3, -0.25) is 18.0 Å². The van der Waals surface area contributed by atoms with Crippen LogP contribution in [-0.4, -0.2) is 72.3 Å². The van der Waals surface area contributed by atoms with E-state index in [0.717, 1.165) is 34.8 Å². The number of benzene rings is 1. The number of imidazole rings is 1. The van der Waals surface area contributed by atoms with Gasteiger partial charge in [-0.05, 0) is 110 Å². The van der Waals surface area contributed by atoms with E-state index in [2.05, 4.69) is 65.3 Å². The minimum atomic E-state index is -0.315. The SMILES string of the molecule is C.C=C(Cn1cc(CCC[18F])nn1)NC(C)C.CC(C)NC(=O)c1ccc(-n2cc(CCC[18F])cn2)cc1.CC(C)n1cnc(CCC[18F])c1. The fourth-order valence-electron chi connectivity index (χ4n) is 4.48. The van der Waals surface area contributed by atoms with Gasteiger partial charge in [-0.2, -0.15) is 5.10 Å². The third-order valence-electron chi connectivity index (χ3n) is 6.87. The van der Waals surface area contributed by atoms with E-state index in [0.29, 0.717) is 56.3 Å². The molecule has 2 N–H and O–H groups in total. The van der Waals surface area contributed by atoms with Crippen molar-refractivity contribution in [3.8, 4) is 5.69 Å². The van der Waals surface area contributed by atoms with Crippen LogP contribution in [0.4, 0.5) is 13.2 Å². The van der Waals surface area contributed by atoms with Crippen LogP contribution in [0.2, 0.25) is 0 Å². The van der Waals surface area contributed by atoms with Gasteiger partial charge in [0, 0.05) is 48.0 Å². The lowest BCUT2D eigenvalue weighted by Gasteiger charge is -2.11. The van der Waals surface area contributed by atoms with E-state index in [1.54, 1.807) is 34.0 Å². The van der Waals surface area contributed by atoms with Crippen LogP contribution in [0.5, 0.6) is 0 Å². The molecular formula is C37H58F3N9O. The number of allylic oxidation sites excluding steroid dienone is 1. The molecule has 0 aliphatic rings. The van der Waals surface area contributed by atoms with E-state index in [4.69, 9.17) is 0 Å². The number of nitrogens with zero attached hydrogens (tertiary/aromatic N) is 7. The van der Waals surface area contributed by atoms with Crippen LogP contribution in [-0.2, 0) is 25.8 Å². The highest BCUT2D eigenvalue weighted by atomic mass is 18.2. The number of halogens is 3. The molecule has 0 radical (unpaired) electrons. The lowest BCUT2D eigenvalue weighted by Crippen LogP contribution is -2.29. The molecule has 0 atom stereocenters. The number of nitrogens with one attached hydrogen (secondary N) is 2. The molecule has 50 heavy (non-hydrogen) atoms. The monoisotopic (exact) mass is 698 g/mol. The smallest absolute Gasteiger partial charge is 0.251 e. The summed E-state index contributed by atoms with van der Waals surface area (Å²) in [6, 6.07) is 8.16. The third-order valence-corrected chi connectivity index (χ3v) is 6.87. The van der Waals surface area contributed by atoms with Crippen LogP contribution in [0.15, 0.2) is 67.7 Å². The average Bonchev–Trinajstić information content (AvgIpc) is 3.84. The number of alkyl halides is 3. The highest BCUT2D eigenvalue weighted by Crippen LogP contribution is 2.12. The van der Waals surface area contributed by atoms with Crippen LogP contribution in [0.3, 0.4) is 0 Å². The Morgan fingerprint density at radius 1 is 0.820 bits per heavy atom. The molecule has 0 spiro atoms. The molecule has 0 saturated carbocycles. The first kappa shape index (κ1) is 43.6. The van der Waals surface area contributed by atoms with Crippen LogP contribution in [0, 0.1) is 0 Å². The Hall–Kier alpha value is -4.42. The molecule has 0 unspecified atom stereocenters. The normalized spacial score (nSPS) is 10.6. The zero-order chi connectivity index (χ0) is 36.2. The fourth-order valence-corrected chi connectivity index (χ4v) is 4.48. The Balaban J connectivity index is 0.000000386. The van der Waals surface area contributed by atoms with Gasteiger partial charge in [-0.25, -0.2) is 14.3 Å². The van der Waals surface area contributed by atoms with Gasteiger partial charge in [-0.1, -0.05) is 19.2 Å². The van der Waals surface area contributed by atoms with Crippen molar-refractivity contribution in [2.24, 2.45) is 0 Å². The van der Waals surface area contributed by atoms with E-state index >= 15 is 0 Å². The molecule has 0 bridgehead atoms. The molecule has 13 heteroatoms. The quantitative estimate of drug-likeness (QED) is 0.118. The predicted octanol–water partition coefficient (Wildman–Crippen LogP) is 7.61. The summed E-state index contributed by atoms with van der Waals surface area (Å²) in [5, 5.41) is 18.2. The van der Waals surface area contributed by atoms with E-state index in [-0.39, 0.29) is 39.4 Å². The number of aromatic nitrogens is 7. The summed E-state index contributed by atoms with van der Waals surface area (Å²) in [6.45, 7) is 15.8. The molecular weight excluding hydrogens is 640 g/mol. The first-order valence-electron chi connectivity index (χ1n) is 16.9. The molecule has 4 aromatic rings. The van der Waals surface area contributed by atoms with Crippen LogP contribution in [0.25, 0.3) is 5.69 Å². The second-order valence-corrected chi connectivity index (χ2v) is 12.6. The molecule has 4 rings (SSSR count). The van der Waals surface area contributed by atoms with Crippen molar-refractivity contribution in [1.29, 1.82) is 0 Å². The second kappa shape index (κ2) is 23.9. The molecule has 0 saturated heterocycles. The summed E-state index contributed by atoms with van der Waals surface area (Å²) in [7, 11) is 0. The number of aryl methyl sites for hydroxylation is 3. The van der Waals surface area contributed by atoms with E-state index < -0.39 is 0 Å². The molecule has 3 heterocycles. The van der Waals surface area contributed by atoms with E-state index in [1.807, 2.05) is 49.1 Å². The van der Waals surface area contributed by atoms with Gasteiger partial charge in [0.1, 0.15) is 0 Å². The number of hydrogen-bond donors (Lipinski definition) is 2. The standard InChI is InChI=1S/C16H20FN3O.C11H19FN4.C9H15FN2.CH4/c1-12(2)19-16(21)14-5-7-15(8-6-14)20-11-13(10-18-20)4-3-9-17;1-9(2)13-10(3)7-16-8-11(14-15-16)5-4-6-12;1-8(2)12-6-9(11-7-12)4-3-5-10;/h5-8,10-12H,3-4,9H2,1-2H3,(H,19,21);8-9,13H,3-7H2,1-2H3;6-8H,3-5H2,1-2H3;1H4/i17-1;12-1;10-1;. The van der Waals surface area contributed by atoms with Crippen LogP contribution < -0.4 is 10.6 Å². The highest BCUT2D eigenvalue weighted by molar-refractivity contribution is 5.94. The average molecular weight is 699 g/mol. The Morgan fingerprint density at radius 2 is 1.42 bits per heavy atom. The van der Waals surface area contributed by atoms with Gasteiger partial charge < -0.3 is 15.2 Å². The minimum Gasteiger partial charge on any atom is -0.385 e. The molecule has 0 aliphatic carbocycles. The molecule has 0 fully saturated rings. The highest BCUT2D eigenvalue weighted by Gasteiger charge is 2.08. The number of amides is 1. The molecule has 1 aromatic carbocycles. The second-order valence-electron chi connectivity index (χ2n) is 12.6. The Labute approximate surface area is 296 Å². The van der Waals surface area contributed by atoms with Crippen molar-refractivity contribution in [3.63, 3.8) is 0 Å². The number of rotatable bonds is 17. The number of carbonyl (C=O) groups is 1. The maximum atomic E-state index is 12.2. The summed E-state index contributed by atoms with van der Waals surface area (Å²) in [5.41, 5.74) is 5.22. The number of hydrogen-bond acceptors (Lipinski definition) is 6. The van der Waals surface area contributed by atoms with Gasteiger partial charge in [0.15, 0.2) is 0 Å². The first-order valence-corrected chi connectivity index (χ1v) is 16.9. The first-order chi connectivity index (χ1) is 23.4. The summed E-state index contributed by atoms with van der Waals surface area (Å²) >= 11 is 0. The topological polar surface area (TPSA) is 107 Å². The minimum absolute atomic E-state index is 0. The Kier molecular flexibility index (Phi) is 20.8. The lowest BCUT2D eigenvalue weighted by atomic mass is 10.2. The fraction of sp³-hybridized carbons (Fsp3) is 0.541. The molecule has 278 valence electrons. The Morgan fingerprint density at radius 3 is 1.98 bits per heavy atom. The van der Waals surface area contributed by atoms with Gasteiger partial charge in [0.05, 0.1) is 56.2 Å². The van der Waals surface area contributed by atoms with E-state index in [9.17, 15) is 18.0 Å². The van der Waals surface area contributed by atoms with Crippen molar-refractivity contribution in [3.05, 3.63) is 90.2 Å². The van der Waals surface area contributed by atoms with Gasteiger partial charge in [0.2, 0.25) is 0 Å². The molecule has 3 aromatic heterocycles. The summed E-state index contributed by atoms with van der Waals surface area (Å²) in [6.07, 6.45) is 12.9. The third kappa shape index (κ3) is 16.8. The number of carbonyl (C=O) groups excluding carboxylic acids is 1. The zero-order valence-electron chi connectivity index (χ0n) is 29.9. The van der Waals surface area contributed by atoms with Crippen molar-refractivity contribution in [1.82, 2.24) is 45.0 Å². The largest absolute Gasteiger partial charge is 0.385 e. The Bertz CT molecular complexity index is 1490. The van der Waals surface area contributed by atoms with Crippen molar-refractivity contribution >= 4 is 5.91 Å². The lowest BCUT2D eigenvalue weighted by molar-refractivity contribution is 0.0943. The zero-order valence-corrected chi connectivity index (χ0v) is 29.9. The molecule has 10 nitrogen and oxygen atoms in total. The van der Waals surface area contributed by atoms with Crippen LogP contribution >= 0.6 is 0 Å². The maximum Gasteiger partial charge on any atom is 0.251 e. The maximum absolute atomic E-state index is 12.2. The predicted molar refractivity (Wildman–Crippen MR) is 196 cm³/mol. The van der Waals surface area contributed by atoms with Crippen molar-refractivity contribution in [2.45, 2.75) is 112 Å². The van der Waals surface area contributed by atoms with Gasteiger partial charge >= 0.3 is 0 Å². The summed E-state index contributed by atoms with van der Waals surface area (Å²) in [4.78, 5) is 16.0. The van der Waals surface area contributed by atoms with Crippen LogP contribution in [0.1, 0.15) is 102 Å². The summed E-state index contributed by atoms with van der Waals surface area (Å²) in [5.74, 6) is -0.0827. The van der Waals surface area contributed by atoms with E-state index in [1.165, 1.54) is 0 Å². The van der Waals surface area contributed by atoms with Crippen molar-refractivity contribution in [2.75, 3.05) is 20.0 Å². The van der Waals surface area contributed by atoms with Gasteiger partial charge in [-0.15, -0.1) is 5.10 Å².